The maximum atomic E-state index is 2.41. The van der Waals surface area contributed by atoms with Gasteiger partial charge in [-0.25, -0.2) is 0 Å². The summed E-state index contributed by atoms with van der Waals surface area (Å²) >= 11 is 0. The molecule has 30 rings (SSSR count). The molecule has 0 N–H and O–H groups in total. The van der Waals surface area contributed by atoms with E-state index in [-0.39, 0.29) is 0 Å². The molecule has 20 aromatic carbocycles. The Kier molecular flexibility index (Phi) is 20.2. The molecule has 0 heterocycles. The summed E-state index contributed by atoms with van der Waals surface area (Å²) in [5, 5.41) is 13.6. The van der Waals surface area contributed by atoms with Crippen molar-refractivity contribution in [2.45, 2.75) is 198 Å². The third-order valence-electron chi connectivity index (χ3n) is 34.3. The standard InChI is InChI=1S/5C28H24/c1-16(2)27-17(3)8-11-23-25(27)14-19-10-13-22-21-12-9-18-6-4-5-7-20(18)24(21)15-26(22)28(19)23;1-16(2)26-17(3)8-12-22-24(26)14-20-11-13-23-25(28(20)22)15-19-10-9-18-6-4-5-7-21(18)27(19)23;1-16(2)27-17(3)8-11-22-21-12-13-23-24(25(21)15-26(22)27)14-19-10-9-18-6-4-5-7-20(18)28(19)23;1-16(2)27-17(3)8-10-23-26(27)14-20-9-11-22-24-13-19-7-5-4-6-18(19)12-21(24)15-25(22)28(20)23;1-16(2)28-17(3)8-9-22-21-10-11-23-24-13-19-7-5-4-6-18(19)12-20(24)14-25(23)26(21)15-27(22)28/h5*4-13,16H,14-15H2,1-3H3. The molecule has 10 aliphatic carbocycles. The Morgan fingerprint density at radius 3 is 0.771 bits per heavy atom. The molecule has 0 atom stereocenters. The fourth-order valence-corrected chi connectivity index (χ4v) is 28.7. The lowest BCUT2D eigenvalue weighted by Gasteiger charge is -2.16. The van der Waals surface area contributed by atoms with Gasteiger partial charge in [-0.3, -0.25) is 0 Å². The van der Waals surface area contributed by atoms with Crippen LogP contribution in [0.15, 0.2) is 303 Å². The van der Waals surface area contributed by atoms with E-state index in [2.05, 4.69) is 407 Å². The van der Waals surface area contributed by atoms with Crippen molar-refractivity contribution >= 4 is 53.9 Å². The number of hydrogen-bond acceptors (Lipinski definition) is 0. The maximum Gasteiger partial charge on any atom is -0.000101 e. The van der Waals surface area contributed by atoms with Gasteiger partial charge in [-0.15, -0.1) is 0 Å². The second-order valence-corrected chi connectivity index (χ2v) is 43.9. The fraction of sp³-hybridized carbons (Fsp3) is 0.214. The van der Waals surface area contributed by atoms with Crippen LogP contribution in [0.3, 0.4) is 0 Å². The van der Waals surface area contributed by atoms with Crippen LogP contribution in [0.5, 0.6) is 0 Å². The highest BCUT2D eigenvalue weighted by Crippen LogP contribution is 2.58. The first-order valence-electron chi connectivity index (χ1n) is 52.1. The molecular formula is C140H120. The van der Waals surface area contributed by atoms with Crippen molar-refractivity contribution in [1.82, 2.24) is 0 Å². The summed E-state index contributed by atoms with van der Waals surface area (Å²) in [5.74, 6) is 2.84. The summed E-state index contributed by atoms with van der Waals surface area (Å²) in [6.45, 7) is 34.7. The van der Waals surface area contributed by atoms with Gasteiger partial charge in [0.05, 0.1) is 0 Å². The minimum atomic E-state index is 0.568. The molecule has 0 heteroatoms. The zero-order valence-corrected chi connectivity index (χ0v) is 83.8. The first-order valence-corrected chi connectivity index (χ1v) is 52.1. The smallest absolute Gasteiger partial charge is 0.000101 e. The summed E-state index contributed by atoms with van der Waals surface area (Å²) < 4.78 is 0. The topological polar surface area (TPSA) is 0 Å². The molecule has 0 spiro atoms. The second kappa shape index (κ2) is 32.9. The van der Waals surface area contributed by atoms with Gasteiger partial charge in [-0.05, 0) is 473 Å². The Bertz CT molecular complexity index is 8780. The second-order valence-electron chi connectivity index (χ2n) is 43.9. The van der Waals surface area contributed by atoms with Gasteiger partial charge in [-0.2, -0.15) is 0 Å². The van der Waals surface area contributed by atoms with Gasteiger partial charge < -0.3 is 0 Å². The molecule has 0 aromatic heterocycles. The number of rotatable bonds is 5. The SMILES string of the molecule is Cc1ccc2c(c1C(C)C)Cc1c-2ccc2c1Cc1cc3ccccc3cc1-2.Cc1ccc2c(c1C(C)C)Cc1c-2ccc2c1Cc1ccc3ccccc3c1-2.Cc1ccc2c(c1C(C)C)Cc1ccc3c(c1-2)Cc1c-3ccc2ccccc12.Cc1ccc2c(c1C(C)C)Cc1ccc3c(c1-2)Cc1cc2ccccc2cc1-3.Cc1ccc2c(c1C(C)C)Cc1ccc3c(c1-2)Cc1ccc2ccccc2c1-3. The lowest BCUT2D eigenvalue weighted by Crippen LogP contribution is -1.99. The molecule has 0 fully saturated rings. The van der Waals surface area contributed by atoms with E-state index in [1.54, 1.807) is 94.6 Å². The average molecular weight is 1800 g/mol. The Morgan fingerprint density at radius 1 is 0.143 bits per heavy atom. The van der Waals surface area contributed by atoms with E-state index in [1.807, 2.05) is 0 Å². The van der Waals surface area contributed by atoms with Crippen LogP contribution in [-0.4, -0.2) is 0 Å². The number of fused-ring (bicyclic) bond motifs is 43. The molecule has 20 aromatic rings. The molecule has 0 bridgehead atoms. The average Bonchev–Trinajstić information content (AvgIpc) is 1.57. The summed E-state index contributed by atoms with van der Waals surface area (Å²) in [6.07, 6.45) is 10.8. The number of hydrogen-bond donors (Lipinski definition) is 0. The molecule has 0 saturated carbocycles. The highest BCUT2D eigenvalue weighted by atomic mass is 14.4. The van der Waals surface area contributed by atoms with Gasteiger partial charge in [0.25, 0.3) is 0 Å². The van der Waals surface area contributed by atoms with Crippen LogP contribution in [0.25, 0.3) is 165 Å². The predicted octanol–water partition coefficient (Wildman–Crippen LogP) is 37.1. The van der Waals surface area contributed by atoms with Gasteiger partial charge in [0.2, 0.25) is 0 Å². The van der Waals surface area contributed by atoms with Gasteiger partial charge in [0.15, 0.2) is 0 Å². The monoisotopic (exact) mass is 1800 g/mol. The Hall–Kier alpha value is -14.3. The lowest BCUT2D eigenvalue weighted by molar-refractivity contribution is 0.841. The Morgan fingerprint density at radius 2 is 0.350 bits per heavy atom. The third-order valence-corrected chi connectivity index (χ3v) is 34.3. The highest BCUT2D eigenvalue weighted by molar-refractivity contribution is 6.07. The normalized spacial score (nSPS) is 13.6. The van der Waals surface area contributed by atoms with Crippen LogP contribution < -0.4 is 0 Å². The molecule has 0 aliphatic heterocycles. The van der Waals surface area contributed by atoms with Gasteiger partial charge >= 0.3 is 0 Å². The zero-order valence-electron chi connectivity index (χ0n) is 83.8. The first kappa shape index (κ1) is 86.1. The van der Waals surface area contributed by atoms with Crippen LogP contribution in [-0.2, 0) is 64.2 Å². The van der Waals surface area contributed by atoms with E-state index < -0.39 is 0 Å². The van der Waals surface area contributed by atoms with E-state index in [0.29, 0.717) is 29.6 Å². The van der Waals surface area contributed by atoms with Crippen molar-refractivity contribution in [3.63, 3.8) is 0 Å². The van der Waals surface area contributed by atoms with Crippen molar-refractivity contribution in [3.05, 3.63) is 470 Å². The first-order chi connectivity index (χ1) is 68.1. The molecule has 0 amide bonds. The van der Waals surface area contributed by atoms with E-state index >= 15 is 0 Å². The van der Waals surface area contributed by atoms with Gasteiger partial charge in [-0.1, -0.05) is 360 Å². The minimum Gasteiger partial charge on any atom is -0.0616 e. The summed E-state index contributed by atoms with van der Waals surface area (Å²) in [5.41, 5.74) is 75.0. The van der Waals surface area contributed by atoms with Crippen LogP contribution >= 0.6 is 0 Å². The zero-order chi connectivity index (χ0) is 95.0. The molecule has 0 unspecified atom stereocenters. The van der Waals surface area contributed by atoms with E-state index in [1.165, 1.54) is 237 Å². The lowest BCUT2D eigenvalue weighted by atomic mass is 9.89. The van der Waals surface area contributed by atoms with Crippen molar-refractivity contribution in [2.24, 2.45) is 0 Å². The molecular weight excluding hydrogens is 1680 g/mol. The van der Waals surface area contributed by atoms with Crippen LogP contribution in [0.4, 0.5) is 0 Å². The largest absolute Gasteiger partial charge is 0.0616 e. The summed E-state index contributed by atoms with van der Waals surface area (Å²) in [4.78, 5) is 0. The van der Waals surface area contributed by atoms with Gasteiger partial charge in [0.1, 0.15) is 0 Å². The van der Waals surface area contributed by atoms with Crippen molar-refractivity contribution in [1.29, 1.82) is 0 Å². The van der Waals surface area contributed by atoms with Crippen LogP contribution in [0, 0.1) is 34.6 Å². The summed E-state index contributed by atoms with van der Waals surface area (Å²) in [6, 6.07) is 115. The quantitative estimate of drug-likeness (QED) is 0.161. The molecule has 0 saturated heterocycles. The molecule has 0 radical (unpaired) electrons. The molecule has 140 heavy (non-hydrogen) atoms. The Labute approximate surface area is 827 Å². The number of aryl methyl sites for hydroxylation is 5. The summed E-state index contributed by atoms with van der Waals surface area (Å²) in [7, 11) is 0. The predicted molar refractivity (Wildman–Crippen MR) is 596 cm³/mol. The minimum absolute atomic E-state index is 0.568. The van der Waals surface area contributed by atoms with Crippen molar-refractivity contribution in [2.75, 3.05) is 0 Å². The maximum absolute atomic E-state index is 2.41. The van der Waals surface area contributed by atoms with E-state index in [4.69, 9.17) is 0 Å². The fourth-order valence-electron chi connectivity index (χ4n) is 28.7. The molecule has 0 nitrogen and oxygen atoms in total. The van der Waals surface area contributed by atoms with Crippen LogP contribution in [0.1, 0.15) is 266 Å². The van der Waals surface area contributed by atoms with Crippen molar-refractivity contribution < 1.29 is 0 Å². The van der Waals surface area contributed by atoms with Crippen LogP contribution in [0.2, 0.25) is 0 Å². The highest BCUT2D eigenvalue weighted by Gasteiger charge is 2.39. The van der Waals surface area contributed by atoms with Gasteiger partial charge in [0, 0.05) is 0 Å². The number of benzene rings is 20. The Balaban J connectivity index is 0.0000000900. The van der Waals surface area contributed by atoms with E-state index in [0.717, 1.165) is 64.2 Å². The third kappa shape index (κ3) is 13.3. The van der Waals surface area contributed by atoms with Crippen molar-refractivity contribution in [3.8, 4) is 111 Å². The molecule has 680 valence electrons. The molecule has 10 aliphatic rings. The van der Waals surface area contributed by atoms with E-state index in [9.17, 15) is 0 Å².